The van der Waals surface area contributed by atoms with Gasteiger partial charge in [0.2, 0.25) is 0 Å². The molecule has 0 aliphatic carbocycles. The molecule has 2 aliphatic rings. The van der Waals surface area contributed by atoms with Crippen LogP contribution in [0.3, 0.4) is 0 Å². The minimum absolute atomic E-state index is 0. The number of aromatic nitrogens is 4. The van der Waals surface area contributed by atoms with Gasteiger partial charge in [-0.3, -0.25) is 4.98 Å². The van der Waals surface area contributed by atoms with Crippen molar-refractivity contribution in [3.05, 3.63) is 80.8 Å². The van der Waals surface area contributed by atoms with Gasteiger partial charge in [-0.2, -0.15) is 0 Å². The molecule has 5 heterocycles. The summed E-state index contributed by atoms with van der Waals surface area (Å²) in [5.74, 6) is 0. The summed E-state index contributed by atoms with van der Waals surface area (Å²) < 4.78 is 0. The third kappa shape index (κ3) is 7.57. The van der Waals surface area contributed by atoms with Crippen LogP contribution < -0.4 is 9.97 Å². The maximum atomic E-state index is 5.75. The fourth-order valence-corrected chi connectivity index (χ4v) is 9.89. The second-order valence-electron chi connectivity index (χ2n) is 15.5. The van der Waals surface area contributed by atoms with Crippen molar-refractivity contribution in [2.45, 2.75) is 177 Å². The molecule has 0 saturated heterocycles. The van der Waals surface area contributed by atoms with Gasteiger partial charge in [0.1, 0.15) is 0 Å². The van der Waals surface area contributed by atoms with Crippen molar-refractivity contribution in [1.82, 2.24) is 19.9 Å². The molecular formula is C49H66N4Zn. The van der Waals surface area contributed by atoms with Gasteiger partial charge in [0.25, 0.3) is 0 Å². The van der Waals surface area contributed by atoms with Gasteiger partial charge in [-0.05, 0) is 91.9 Å². The summed E-state index contributed by atoms with van der Waals surface area (Å²) in [6.45, 7) is 20.7. The molecule has 0 saturated carbocycles. The van der Waals surface area contributed by atoms with Gasteiger partial charge in [0.05, 0.1) is 22.6 Å². The molecule has 6 rings (SSSR count). The monoisotopic (exact) mass is 774 g/mol. The molecule has 54 heavy (non-hydrogen) atoms. The van der Waals surface area contributed by atoms with Gasteiger partial charge in [-0.1, -0.05) is 160 Å². The Bertz CT molecular complexity index is 2120. The Morgan fingerprint density at radius 3 is 1.59 bits per heavy atom. The first kappa shape index (κ1) is 42.1. The van der Waals surface area contributed by atoms with E-state index in [2.05, 4.69) is 92.6 Å². The second-order valence-corrected chi connectivity index (χ2v) is 15.5. The standard InChI is InChI=1S/C49H66N4.Zn/c1-10-19-20-21-22-23-24-25-26-32-27-28-39-47-38(16-7)37(15-6)43(52-47)30-42-34(12-3)33(11-2)40(50-42)29-41-35(13-4)36(14-5)44(51-41)31-45-49(17-8,18-9)46(32)48(39)53-45;/h27-31H,10-26H2,1-9H3;/q-2;+2. The van der Waals surface area contributed by atoms with E-state index in [0.29, 0.717) is 0 Å². The van der Waals surface area contributed by atoms with E-state index < -0.39 is 0 Å². The maximum Gasteiger partial charge on any atom is 2.00 e. The van der Waals surface area contributed by atoms with Crippen LogP contribution in [0, 0.1) is 0 Å². The largest absolute Gasteiger partial charge is 2.00 e. The Hall–Kier alpha value is -3.04. The SMILES string of the molecule is CCCCCCCCCCc1ccc2c3nc(cc4[n-]c(cc5nc(cc6[n-]c2c(CC)c6CC)C(CC)=C5CC)c(CC)c4CC)C(CC)(CC)c13.[Zn+2]. The van der Waals surface area contributed by atoms with Crippen molar-refractivity contribution in [3.8, 4) is 0 Å². The molecule has 5 heteroatoms. The number of hydrogen-bond acceptors (Lipinski definition) is 2. The molecule has 1 aromatic carbocycles. The van der Waals surface area contributed by atoms with Crippen LogP contribution in [0.5, 0.6) is 0 Å². The predicted molar refractivity (Wildman–Crippen MR) is 229 cm³/mol. The van der Waals surface area contributed by atoms with Gasteiger partial charge in [0.15, 0.2) is 0 Å². The molecule has 8 bridgehead atoms. The number of hydrogen-bond donors (Lipinski definition) is 0. The van der Waals surface area contributed by atoms with Crippen LogP contribution in [-0.4, -0.2) is 9.97 Å². The molecule has 2 aliphatic heterocycles. The van der Waals surface area contributed by atoms with E-state index in [1.165, 1.54) is 107 Å². The number of aryl methyl sites for hydroxylation is 5. The van der Waals surface area contributed by atoms with Crippen molar-refractivity contribution < 1.29 is 19.5 Å². The first-order valence-corrected chi connectivity index (χ1v) is 21.7. The summed E-state index contributed by atoms with van der Waals surface area (Å²) in [4.78, 5) is 22.1. The molecule has 0 amide bonds. The average Bonchev–Trinajstić information content (AvgIpc) is 3.90. The quantitative estimate of drug-likeness (QED) is 0.0792. The van der Waals surface area contributed by atoms with Crippen LogP contribution in [0.2, 0.25) is 0 Å². The number of allylic oxidation sites excluding steroid dienone is 2. The molecule has 0 radical (unpaired) electrons. The molecule has 0 atom stereocenters. The average molecular weight is 776 g/mol. The fourth-order valence-electron chi connectivity index (χ4n) is 9.89. The van der Waals surface area contributed by atoms with Crippen molar-refractivity contribution >= 4 is 44.1 Å². The third-order valence-electron chi connectivity index (χ3n) is 12.8. The zero-order valence-electron chi connectivity index (χ0n) is 35.4. The van der Waals surface area contributed by atoms with Gasteiger partial charge in [0, 0.05) is 5.41 Å². The summed E-state index contributed by atoms with van der Waals surface area (Å²) in [7, 11) is 0. The Morgan fingerprint density at radius 1 is 0.537 bits per heavy atom. The zero-order chi connectivity index (χ0) is 37.7. The van der Waals surface area contributed by atoms with Gasteiger partial charge in [-0.15, -0.1) is 22.1 Å². The van der Waals surface area contributed by atoms with Gasteiger partial charge in [-0.25, -0.2) is 4.98 Å². The van der Waals surface area contributed by atoms with Crippen LogP contribution in [0.15, 0.2) is 30.3 Å². The molecule has 0 N–H and O–H groups in total. The molecule has 0 unspecified atom stereocenters. The Balaban J connectivity index is 0.00000561. The van der Waals surface area contributed by atoms with E-state index in [9.17, 15) is 0 Å². The second kappa shape index (κ2) is 18.7. The number of rotatable bonds is 17. The van der Waals surface area contributed by atoms with Crippen molar-refractivity contribution in [1.29, 1.82) is 0 Å². The van der Waals surface area contributed by atoms with Crippen molar-refractivity contribution in [3.63, 3.8) is 0 Å². The van der Waals surface area contributed by atoms with Crippen LogP contribution in [0.1, 0.15) is 190 Å². The third-order valence-corrected chi connectivity index (χ3v) is 12.8. The topological polar surface area (TPSA) is 54.0 Å². The molecule has 3 aromatic heterocycles. The van der Waals surface area contributed by atoms with Crippen LogP contribution in [0.25, 0.3) is 44.1 Å². The minimum Gasteiger partial charge on any atom is -0.657 e. The minimum atomic E-state index is -0.163. The van der Waals surface area contributed by atoms with Crippen LogP contribution in [-0.2, 0) is 57.0 Å². The zero-order valence-corrected chi connectivity index (χ0v) is 38.4. The van der Waals surface area contributed by atoms with Crippen LogP contribution >= 0.6 is 0 Å². The Labute approximate surface area is 339 Å². The number of benzene rings is 1. The van der Waals surface area contributed by atoms with Crippen molar-refractivity contribution in [2.24, 2.45) is 0 Å². The first-order valence-electron chi connectivity index (χ1n) is 21.7. The van der Waals surface area contributed by atoms with E-state index in [0.717, 1.165) is 96.8 Å². The van der Waals surface area contributed by atoms with E-state index in [1.54, 1.807) is 0 Å². The molecule has 284 valence electrons. The van der Waals surface area contributed by atoms with E-state index >= 15 is 0 Å². The van der Waals surface area contributed by atoms with Gasteiger partial charge >= 0.3 is 19.5 Å². The van der Waals surface area contributed by atoms with Gasteiger partial charge < -0.3 is 9.97 Å². The summed E-state index contributed by atoms with van der Waals surface area (Å²) in [5.41, 5.74) is 19.7. The Morgan fingerprint density at radius 2 is 1.06 bits per heavy atom. The maximum absolute atomic E-state index is 5.75. The smallest absolute Gasteiger partial charge is 0.657 e. The summed E-state index contributed by atoms with van der Waals surface area (Å²) in [5, 5.41) is 1.20. The molecule has 0 fully saturated rings. The summed E-state index contributed by atoms with van der Waals surface area (Å²) in [6.07, 6.45) is 19.5. The molecule has 0 spiro atoms. The van der Waals surface area contributed by atoms with Crippen LogP contribution in [0.4, 0.5) is 0 Å². The molecule has 4 nitrogen and oxygen atoms in total. The van der Waals surface area contributed by atoms with E-state index in [4.69, 9.17) is 19.9 Å². The number of fused-ring (bicyclic) bond motifs is 8. The predicted octanol–water partition coefficient (Wildman–Crippen LogP) is 13.5. The number of unbranched alkanes of at least 4 members (excludes halogenated alkanes) is 7. The van der Waals surface area contributed by atoms with E-state index in [-0.39, 0.29) is 24.9 Å². The summed E-state index contributed by atoms with van der Waals surface area (Å²) >= 11 is 0. The van der Waals surface area contributed by atoms with E-state index in [1.807, 2.05) is 0 Å². The molecule has 4 aromatic rings. The van der Waals surface area contributed by atoms with Crippen molar-refractivity contribution in [2.75, 3.05) is 0 Å². The normalized spacial score (nSPS) is 13.7. The molecular weight excluding hydrogens is 710 g/mol. The summed E-state index contributed by atoms with van der Waals surface area (Å²) in [6, 6.07) is 11.8. The first-order chi connectivity index (χ1) is 25.9. The number of nitrogens with zero attached hydrogens (tertiary/aromatic N) is 4. The Kier molecular flexibility index (Phi) is 14.6. The fraction of sp³-hybridized carbons (Fsp3) is 0.551.